The zero-order valence-electron chi connectivity index (χ0n) is 26.3. The van der Waals surface area contributed by atoms with Gasteiger partial charge in [-0.05, 0) is 45.4 Å². The van der Waals surface area contributed by atoms with E-state index < -0.39 is 41.2 Å². The van der Waals surface area contributed by atoms with E-state index in [-0.39, 0.29) is 83.0 Å². The van der Waals surface area contributed by atoms with Gasteiger partial charge < -0.3 is 24.8 Å². The number of aromatic nitrogens is 5. The molecule has 4 aromatic rings. The highest BCUT2D eigenvalue weighted by Crippen LogP contribution is 2.34. The topological polar surface area (TPSA) is 146 Å². The minimum Gasteiger partial charge on any atom is -0.504 e. The van der Waals surface area contributed by atoms with Crippen LogP contribution in [0.2, 0.25) is 5.02 Å². The van der Waals surface area contributed by atoms with E-state index >= 15 is 0 Å². The summed E-state index contributed by atoms with van der Waals surface area (Å²) in [6.07, 6.45) is -2.04. The number of rotatable bonds is 7. The lowest BCUT2D eigenvalue weighted by Crippen LogP contribution is -2.50. The van der Waals surface area contributed by atoms with Gasteiger partial charge in [0.1, 0.15) is 24.2 Å². The summed E-state index contributed by atoms with van der Waals surface area (Å²) in [5, 5.41) is 12.5. The summed E-state index contributed by atoms with van der Waals surface area (Å²) in [5.74, 6) is -1.52. The maximum absolute atomic E-state index is 15.0. The fourth-order valence-electron chi connectivity index (χ4n) is 5.41. The van der Waals surface area contributed by atoms with E-state index in [4.69, 9.17) is 11.6 Å². The van der Waals surface area contributed by atoms with Crippen LogP contribution in [0.4, 0.5) is 28.9 Å². The first-order chi connectivity index (χ1) is 22.5. The third-order valence-electron chi connectivity index (χ3n) is 7.95. The molecule has 2 amide bonds. The summed E-state index contributed by atoms with van der Waals surface area (Å²) < 4.78 is 55.8. The van der Waals surface area contributed by atoms with Gasteiger partial charge in [-0.2, -0.15) is 13.2 Å². The second-order valence-corrected chi connectivity index (χ2v) is 12.0. The zero-order valence-corrected chi connectivity index (χ0v) is 27.1. The molecule has 0 unspecified atom stereocenters. The van der Waals surface area contributed by atoms with Gasteiger partial charge in [0.15, 0.2) is 22.6 Å². The van der Waals surface area contributed by atoms with Crippen molar-refractivity contribution < 1.29 is 32.3 Å². The normalized spacial score (nSPS) is 14.0. The molecule has 5 rings (SSSR count). The van der Waals surface area contributed by atoms with Gasteiger partial charge in [-0.25, -0.2) is 24.3 Å². The van der Waals surface area contributed by atoms with Gasteiger partial charge in [-0.3, -0.25) is 14.4 Å². The lowest BCUT2D eigenvalue weighted by molar-refractivity contribution is -0.137. The summed E-state index contributed by atoms with van der Waals surface area (Å²) in [6.45, 7) is 6.04. The molecule has 1 saturated heterocycles. The van der Waals surface area contributed by atoms with Gasteiger partial charge in [0.25, 0.3) is 5.91 Å². The first-order valence-corrected chi connectivity index (χ1v) is 15.2. The van der Waals surface area contributed by atoms with Gasteiger partial charge in [0.05, 0.1) is 33.9 Å². The molecule has 0 spiro atoms. The standard InChI is InChI=1S/C31H31ClF4N8O4/c1-5-20-25(42-8-10-43(11-9-42)29(48)24-26(46)16(2)38-15-39-24)27(47)23-28(37-13-21(41-23)30(3,4)33)44(20)14-22(45)40-19-7-6-17(12-18(19)32)31(34,35)36/h6-7,12-13,15,46H,5,8-11,14H2,1-4H3,(H,40,45). The summed E-state index contributed by atoms with van der Waals surface area (Å²) in [4.78, 5) is 60.2. The van der Waals surface area contributed by atoms with Gasteiger partial charge >= 0.3 is 6.18 Å². The first kappa shape index (κ1) is 34.5. The molecular formula is C31H31ClF4N8O4. The van der Waals surface area contributed by atoms with E-state index in [9.17, 15) is 37.1 Å². The van der Waals surface area contributed by atoms with Crippen LogP contribution in [0.5, 0.6) is 5.75 Å². The van der Waals surface area contributed by atoms with Crippen LogP contribution in [0, 0.1) is 6.92 Å². The Bertz CT molecular complexity index is 1970. The van der Waals surface area contributed by atoms with Crippen molar-refractivity contribution in [3.63, 3.8) is 0 Å². The first-order valence-electron chi connectivity index (χ1n) is 14.8. The quantitative estimate of drug-likeness (QED) is 0.265. The van der Waals surface area contributed by atoms with Crippen LogP contribution < -0.4 is 15.6 Å². The number of anilines is 2. The average molecular weight is 691 g/mol. The maximum atomic E-state index is 15.0. The molecule has 4 heterocycles. The number of hydrogen-bond acceptors (Lipinski definition) is 9. The molecule has 1 aliphatic heterocycles. The molecule has 0 aliphatic carbocycles. The Balaban J connectivity index is 1.51. The van der Waals surface area contributed by atoms with Crippen molar-refractivity contribution >= 4 is 46.0 Å². The van der Waals surface area contributed by atoms with Crippen molar-refractivity contribution in [3.05, 3.63) is 74.3 Å². The van der Waals surface area contributed by atoms with Crippen LogP contribution in [-0.4, -0.2) is 72.5 Å². The smallest absolute Gasteiger partial charge is 0.416 e. The largest absolute Gasteiger partial charge is 0.504 e. The highest BCUT2D eigenvalue weighted by Gasteiger charge is 2.32. The van der Waals surface area contributed by atoms with E-state index in [1.165, 1.54) is 35.8 Å². The summed E-state index contributed by atoms with van der Waals surface area (Å²) in [6, 6.07) is 2.53. The maximum Gasteiger partial charge on any atom is 0.416 e. The number of alkyl halides is 4. The van der Waals surface area contributed by atoms with E-state index in [1.807, 2.05) is 0 Å². The van der Waals surface area contributed by atoms with Crippen molar-refractivity contribution in [2.24, 2.45) is 0 Å². The molecule has 0 bridgehead atoms. The highest BCUT2D eigenvalue weighted by atomic mass is 35.5. The van der Waals surface area contributed by atoms with Crippen LogP contribution in [0.25, 0.3) is 11.2 Å². The third kappa shape index (κ3) is 6.74. The van der Waals surface area contributed by atoms with E-state index in [1.54, 1.807) is 18.7 Å². The molecule has 0 atom stereocenters. The highest BCUT2D eigenvalue weighted by molar-refractivity contribution is 6.33. The molecule has 0 radical (unpaired) electrons. The Hall–Kier alpha value is -4.86. The molecule has 48 heavy (non-hydrogen) atoms. The number of piperazine rings is 1. The lowest BCUT2D eigenvalue weighted by Gasteiger charge is -2.37. The minimum atomic E-state index is -4.63. The van der Waals surface area contributed by atoms with Crippen molar-refractivity contribution in [2.45, 2.75) is 52.5 Å². The Morgan fingerprint density at radius 3 is 2.35 bits per heavy atom. The number of nitrogens with one attached hydrogen (secondary N) is 1. The van der Waals surface area contributed by atoms with Gasteiger partial charge in [0.2, 0.25) is 11.3 Å². The van der Waals surface area contributed by atoms with Crippen LogP contribution in [-0.2, 0) is 29.6 Å². The van der Waals surface area contributed by atoms with E-state index in [2.05, 4.69) is 25.3 Å². The average Bonchev–Trinajstić information content (AvgIpc) is 3.03. The summed E-state index contributed by atoms with van der Waals surface area (Å²) in [5.41, 5.74) is -3.15. The molecule has 0 saturated carbocycles. The van der Waals surface area contributed by atoms with E-state index in [0.29, 0.717) is 11.8 Å². The number of aryl methyl sites for hydroxylation is 1. The number of hydrogen-bond donors (Lipinski definition) is 2. The fourth-order valence-corrected chi connectivity index (χ4v) is 5.63. The predicted octanol–water partition coefficient (Wildman–Crippen LogP) is 4.64. The number of pyridine rings is 1. The molecule has 12 nitrogen and oxygen atoms in total. The van der Waals surface area contributed by atoms with E-state index in [0.717, 1.165) is 12.1 Å². The SMILES string of the molecule is CCc1c(N2CCN(C(=O)c3ncnc(C)c3O)CC2)c(=O)c2nc(C(C)(C)F)cnc2n1CC(=O)Nc1ccc(C(F)(F)F)cc1Cl. The van der Waals surface area contributed by atoms with Crippen molar-refractivity contribution in [3.8, 4) is 5.75 Å². The Labute approximate surface area is 276 Å². The van der Waals surface area contributed by atoms with Crippen LogP contribution >= 0.6 is 11.6 Å². The fraction of sp³-hybridized carbons (Fsp3) is 0.387. The molecule has 17 heteroatoms. The summed E-state index contributed by atoms with van der Waals surface area (Å²) >= 11 is 6.06. The molecule has 1 aromatic carbocycles. The Kier molecular flexibility index (Phi) is 9.32. The number of aromatic hydroxyl groups is 1. The second kappa shape index (κ2) is 13.0. The number of carbonyl (C=O) groups is 2. The summed E-state index contributed by atoms with van der Waals surface area (Å²) in [7, 11) is 0. The van der Waals surface area contributed by atoms with Crippen molar-refractivity contribution in [2.75, 3.05) is 36.4 Å². The lowest BCUT2D eigenvalue weighted by atomic mass is 10.1. The number of carbonyl (C=O) groups excluding carboxylic acids is 2. The monoisotopic (exact) mass is 690 g/mol. The molecule has 1 aliphatic rings. The number of benzene rings is 1. The number of nitrogens with zero attached hydrogens (tertiary/aromatic N) is 7. The Morgan fingerprint density at radius 2 is 1.75 bits per heavy atom. The minimum absolute atomic E-state index is 0.00527. The van der Waals surface area contributed by atoms with Gasteiger partial charge in [0, 0.05) is 31.9 Å². The molecule has 2 N–H and O–H groups in total. The third-order valence-corrected chi connectivity index (χ3v) is 8.26. The van der Waals surface area contributed by atoms with Crippen molar-refractivity contribution in [1.29, 1.82) is 0 Å². The van der Waals surface area contributed by atoms with Crippen LogP contribution in [0.1, 0.15) is 53.9 Å². The molecular weight excluding hydrogens is 660 g/mol. The zero-order chi connectivity index (χ0) is 35.1. The Morgan fingerprint density at radius 1 is 1.06 bits per heavy atom. The molecule has 3 aromatic heterocycles. The van der Waals surface area contributed by atoms with Gasteiger partial charge in [-0.1, -0.05) is 18.5 Å². The second-order valence-electron chi connectivity index (χ2n) is 11.6. The van der Waals surface area contributed by atoms with Crippen LogP contribution in [0.15, 0.2) is 35.5 Å². The number of halogens is 5. The number of fused-ring (bicyclic) bond motifs is 1. The van der Waals surface area contributed by atoms with Crippen LogP contribution in [0.3, 0.4) is 0 Å². The molecule has 254 valence electrons. The number of amides is 2. The van der Waals surface area contributed by atoms with Crippen molar-refractivity contribution in [1.82, 2.24) is 29.4 Å². The molecule has 1 fully saturated rings. The predicted molar refractivity (Wildman–Crippen MR) is 169 cm³/mol. The van der Waals surface area contributed by atoms with Gasteiger partial charge in [-0.15, -0.1) is 0 Å².